The fraction of sp³-hybridized carbons (Fsp3) is 0.600. The van der Waals surface area contributed by atoms with Gasteiger partial charge in [0.1, 0.15) is 5.82 Å². The maximum atomic E-state index is 11.1. The van der Waals surface area contributed by atoms with E-state index in [1.807, 2.05) is 11.9 Å². The Morgan fingerprint density at radius 2 is 2.05 bits per heavy atom. The SMILES string of the molecule is CN(c1nccc(C(=O)O)c1Cl)C1CCC(C)(C)CC1. The maximum absolute atomic E-state index is 11.1. The molecule has 1 heterocycles. The molecule has 1 aliphatic rings. The number of aromatic nitrogens is 1. The molecule has 0 aliphatic heterocycles. The van der Waals surface area contributed by atoms with Crippen molar-refractivity contribution in [3.8, 4) is 0 Å². The molecule has 5 heteroatoms. The van der Waals surface area contributed by atoms with E-state index in [9.17, 15) is 4.79 Å². The van der Waals surface area contributed by atoms with E-state index in [2.05, 4.69) is 18.8 Å². The Bertz CT molecular complexity index is 507. The summed E-state index contributed by atoms with van der Waals surface area (Å²) in [4.78, 5) is 17.4. The fourth-order valence-corrected chi connectivity index (χ4v) is 3.11. The van der Waals surface area contributed by atoms with E-state index >= 15 is 0 Å². The highest BCUT2D eigenvalue weighted by atomic mass is 35.5. The minimum Gasteiger partial charge on any atom is -0.478 e. The van der Waals surface area contributed by atoms with Crippen LogP contribution in [0.3, 0.4) is 0 Å². The van der Waals surface area contributed by atoms with Gasteiger partial charge in [0, 0.05) is 19.3 Å². The van der Waals surface area contributed by atoms with Crippen LogP contribution < -0.4 is 4.90 Å². The van der Waals surface area contributed by atoms with Gasteiger partial charge in [-0.2, -0.15) is 0 Å². The molecule has 0 spiro atoms. The summed E-state index contributed by atoms with van der Waals surface area (Å²) in [5.74, 6) is -0.451. The second-order valence-corrected chi connectivity index (χ2v) is 6.69. The van der Waals surface area contributed by atoms with Crippen molar-refractivity contribution in [2.75, 3.05) is 11.9 Å². The van der Waals surface area contributed by atoms with Gasteiger partial charge in [0.05, 0.1) is 10.6 Å². The van der Waals surface area contributed by atoms with Crippen LogP contribution in [0.15, 0.2) is 12.3 Å². The molecule has 1 aromatic rings. The van der Waals surface area contributed by atoms with E-state index in [1.54, 1.807) is 0 Å². The average Bonchev–Trinajstić information content (AvgIpc) is 2.38. The van der Waals surface area contributed by atoms with Gasteiger partial charge in [0.15, 0.2) is 0 Å². The van der Waals surface area contributed by atoms with Crippen molar-refractivity contribution in [1.29, 1.82) is 0 Å². The normalized spacial score (nSPS) is 18.8. The molecule has 20 heavy (non-hydrogen) atoms. The maximum Gasteiger partial charge on any atom is 0.337 e. The fourth-order valence-electron chi connectivity index (χ4n) is 2.79. The predicted octanol–water partition coefficient (Wildman–Crippen LogP) is 3.84. The minimum absolute atomic E-state index is 0.111. The molecule has 1 fully saturated rings. The molecule has 0 amide bonds. The highest BCUT2D eigenvalue weighted by Crippen LogP contribution is 2.38. The monoisotopic (exact) mass is 296 g/mol. The zero-order valence-electron chi connectivity index (χ0n) is 12.2. The highest BCUT2D eigenvalue weighted by molar-refractivity contribution is 6.35. The van der Waals surface area contributed by atoms with Crippen LogP contribution in [0.1, 0.15) is 49.9 Å². The Kier molecular flexibility index (Phi) is 4.23. The number of pyridine rings is 1. The summed E-state index contributed by atoms with van der Waals surface area (Å²) in [7, 11) is 1.95. The molecular weight excluding hydrogens is 276 g/mol. The Morgan fingerprint density at radius 3 is 2.60 bits per heavy atom. The summed E-state index contributed by atoms with van der Waals surface area (Å²) in [5, 5.41) is 9.35. The zero-order chi connectivity index (χ0) is 14.9. The summed E-state index contributed by atoms with van der Waals surface area (Å²) in [6.45, 7) is 4.58. The first-order valence-electron chi connectivity index (χ1n) is 6.92. The molecule has 0 atom stereocenters. The molecule has 1 N–H and O–H groups in total. The van der Waals surface area contributed by atoms with Crippen LogP contribution in [0.4, 0.5) is 5.82 Å². The summed E-state index contributed by atoms with van der Waals surface area (Å²) in [5.41, 5.74) is 0.511. The van der Waals surface area contributed by atoms with Crippen LogP contribution in [-0.4, -0.2) is 29.1 Å². The second-order valence-electron chi connectivity index (χ2n) is 6.31. The summed E-state index contributed by atoms with van der Waals surface area (Å²) >= 11 is 6.19. The van der Waals surface area contributed by atoms with E-state index in [0.29, 0.717) is 17.3 Å². The number of aromatic carboxylic acids is 1. The van der Waals surface area contributed by atoms with Crippen LogP contribution in [-0.2, 0) is 0 Å². The third-order valence-electron chi connectivity index (χ3n) is 4.29. The number of hydrogen-bond donors (Lipinski definition) is 1. The summed E-state index contributed by atoms with van der Waals surface area (Å²) in [6, 6.07) is 1.81. The topological polar surface area (TPSA) is 53.4 Å². The molecule has 1 aliphatic carbocycles. The third kappa shape index (κ3) is 3.06. The highest BCUT2D eigenvalue weighted by Gasteiger charge is 2.30. The van der Waals surface area contributed by atoms with Crippen molar-refractivity contribution in [2.24, 2.45) is 5.41 Å². The summed E-state index contributed by atoms with van der Waals surface area (Å²) in [6.07, 6.45) is 6.00. The lowest BCUT2D eigenvalue weighted by Gasteiger charge is -2.39. The van der Waals surface area contributed by atoms with Crippen molar-refractivity contribution in [2.45, 2.75) is 45.6 Å². The van der Waals surface area contributed by atoms with Crippen LogP contribution in [0.5, 0.6) is 0 Å². The molecule has 1 saturated carbocycles. The van der Waals surface area contributed by atoms with Gasteiger partial charge in [-0.15, -0.1) is 0 Å². The van der Waals surface area contributed by atoms with Crippen LogP contribution in [0, 0.1) is 5.41 Å². The molecule has 2 rings (SSSR count). The average molecular weight is 297 g/mol. The molecule has 0 saturated heterocycles. The van der Waals surface area contributed by atoms with Crippen molar-refractivity contribution in [3.05, 3.63) is 22.8 Å². The first-order valence-corrected chi connectivity index (χ1v) is 7.30. The molecular formula is C15H21ClN2O2. The minimum atomic E-state index is -1.02. The van der Waals surface area contributed by atoms with Gasteiger partial charge in [-0.05, 0) is 37.2 Å². The lowest BCUT2D eigenvalue weighted by atomic mass is 9.75. The van der Waals surface area contributed by atoms with Crippen LogP contribution in [0.2, 0.25) is 5.02 Å². The number of hydrogen-bond acceptors (Lipinski definition) is 3. The Hall–Kier alpha value is -1.29. The largest absolute Gasteiger partial charge is 0.478 e. The molecule has 4 nitrogen and oxygen atoms in total. The lowest BCUT2D eigenvalue weighted by Crippen LogP contribution is -2.37. The van der Waals surface area contributed by atoms with Crippen molar-refractivity contribution < 1.29 is 9.90 Å². The zero-order valence-corrected chi connectivity index (χ0v) is 12.9. The molecule has 1 aromatic heterocycles. The van der Waals surface area contributed by atoms with Crippen LogP contribution >= 0.6 is 11.6 Å². The van der Waals surface area contributed by atoms with Crippen molar-refractivity contribution in [3.63, 3.8) is 0 Å². The number of anilines is 1. The van der Waals surface area contributed by atoms with Gasteiger partial charge in [-0.1, -0.05) is 25.4 Å². The molecule has 110 valence electrons. The van der Waals surface area contributed by atoms with Gasteiger partial charge in [0.2, 0.25) is 0 Å². The number of halogens is 1. The number of rotatable bonds is 3. The molecule has 0 radical (unpaired) electrons. The second kappa shape index (κ2) is 5.60. The number of nitrogens with zero attached hydrogens (tertiary/aromatic N) is 2. The van der Waals surface area contributed by atoms with Gasteiger partial charge in [-0.3, -0.25) is 0 Å². The Balaban J connectivity index is 2.20. The van der Waals surface area contributed by atoms with Gasteiger partial charge in [-0.25, -0.2) is 9.78 Å². The molecule has 0 aromatic carbocycles. The molecule has 0 unspecified atom stereocenters. The third-order valence-corrected chi connectivity index (χ3v) is 4.66. The summed E-state index contributed by atoms with van der Waals surface area (Å²) < 4.78 is 0. The first-order chi connectivity index (χ1) is 9.32. The van der Waals surface area contributed by atoms with E-state index < -0.39 is 5.97 Å². The first kappa shape index (κ1) is 15.1. The van der Waals surface area contributed by atoms with E-state index in [-0.39, 0.29) is 10.6 Å². The Morgan fingerprint density at radius 1 is 1.45 bits per heavy atom. The number of carboxylic acids is 1. The van der Waals surface area contributed by atoms with E-state index in [1.165, 1.54) is 12.3 Å². The van der Waals surface area contributed by atoms with E-state index in [0.717, 1.165) is 25.7 Å². The van der Waals surface area contributed by atoms with Crippen molar-refractivity contribution in [1.82, 2.24) is 4.98 Å². The predicted molar refractivity (Wildman–Crippen MR) is 80.6 cm³/mol. The quantitative estimate of drug-likeness (QED) is 0.921. The van der Waals surface area contributed by atoms with Crippen LogP contribution in [0.25, 0.3) is 0 Å². The van der Waals surface area contributed by atoms with E-state index in [4.69, 9.17) is 16.7 Å². The molecule has 0 bridgehead atoms. The van der Waals surface area contributed by atoms with Gasteiger partial charge in [0.25, 0.3) is 0 Å². The number of carboxylic acid groups (broad SMARTS) is 1. The number of carbonyl (C=O) groups is 1. The smallest absolute Gasteiger partial charge is 0.337 e. The van der Waals surface area contributed by atoms with Gasteiger partial charge >= 0.3 is 5.97 Å². The standard InChI is InChI=1S/C15H21ClN2O2/c1-15(2)7-4-10(5-8-15)18(3)13-12(16)11(14(19)20)6-9-17-13/h6,9-10H,4-5,7-8H2,1-3H3,(H,19,20). The van der Waals surface area contributed by atoms with Crippen molar-refractivity contribution >= 4 is 23.4 Å². The van der Waals surface area contributed by atoms with Gasteiger partial charge < -0.3 is 10.0 Å². The Labute approximate surface area is 124 Å². The lowest BCUT2D eigenvalue weighted by molar-refractivity contribution is 0.0697.